The predicted molar refractivity (Wildman–Crippen MR) is 65.1 cm³/mol. The van der Waals surface area contributed by atoms with Crippen LogP contribution in [0.25, 0.3) is 10.9 Å². The van der Waals surface area contributed by atoms with Crippen molar-refractivity contribution in [2.75, 3.05) is 5.73 Å². The molecular weight excluding hydrogens is 244 g/mol. The molecule has 0 atom stereocenters. The third-order valence-corrected chi connectivity index (χ3v) is 2.04. The number of rotatable bonds is 0. The summed E-state index contributed by atoms with van der Waals surface area (Å²) in [5.41, 5.74) is 8.78. The maximum atomic E-state index is 8.74. The minimum Gasteiger partial charge on any atom is -0.398 e. The maximum Gasteiger partial charge on any atom is 0.394 e. The molecule has 1 aromatic heterocycles. The number of pyridine rings is 1. The zero-order valence-electron chi connectivity index (χ0n) is 9.03. The van der Waals surface area contributed by atoms with Crippen LogP contribution in [0.2, 0.25) is 0 Å². The molecule has 0 unspecified atom stereocenters. The van der Waals surface area contributed by atoms with Gasteiger partial charge in [-0.05, 0) is 30.7 Å². The molecule has 0 amide bonds. The molecule has 0 aliphatic carbocycles. The van der Waals surface area contributed by atoms with Crippen molar-refractivity contribution in [3.63, 3.8) is 0 Å². The van der Waals surface area contributed by atoms with Gasteiger partial charge in [-0.1, -0.05) is 6.07 Å². The smallest absolute Gasteiger partial charge is 0.394 e. The maximum absolute atomic E-state index is 8.74. The summed E-state index contributed by atoms with van der Waals surface area (Å²) in [5, 5.41) is 1.04. The van der Waals surface area contributed by atoms with E-state index in [-0.39, 0.29) is 0 Å². The number of aromatic nitrogens is 1. The molecular formula is C10H12N2O4S. The molecule has 0 aliphatic rings. The summed E-state index contributed by atoms with van der Waals surface area (Å²) in [6.07, 6.45) is 1.77. The summed E-state index contributed by atoms with van der Waals surface area (Å²) in [6.45, 7) is 2.00. The molecule has 2 rings (SSSR count). The van der Waals surface area contributed by atoms with E-state index in [9.17, 15) is 0 Å². The van der Waals surface area contributed by atoms with E-state index in [2.05, 4.69) is 4.98 Å². The van der Waals surface area contributed by atoms with Crippen LogP contribution in [0.15, 0.2) is 30.5 Å². The molecule has 92 valence electrons. The van der Waals surface area contributed by atoms with E-state index < -0.39 is 10.4 Å². The highest BCUT2D eigenvalue weighted by Gasteiger charge is 1.99. The van der Waals surface area contributed by atoms with Crippen LogP contribution >= 0.6 is 0 Å². The van der Waals surface area contributed by atoms with E-state index in [0.29, 0.717) is 0 Å². The highest BCUT2D eigenvalue weighted by molar-refractivity contribution is 7.79. The quantitative estimate of drug-likeness (QED) is 0.486. The van der Waals surface area contributed by atoms with Crippen LogP contribution < -0.4 is 5.73 Å². The molecule has 6 nitrogen and oxygen atoms in total. The van der Waals surface area contributed by atoms with Gasteiger partial charge in [0.15, 0.2) is 0 Å². The first-order valence-corrected chi connectivity index (χ1v) is 5.98. The van der Waals surface area contributed by atoms with Gasteiger partial charge in [0.2, 0.25) is 0 Å². The van der Waals surface area contributed by atoms with Crippen LogP contribution in [0.5, 0.6) is 0 Å². The average molecular weight is 256 g/mol. The second-order valence-electron chi connectivity index (χ2n) is 3.31. The van der Waals surface area contributed by atoms with E-state index in [0.717, 1.165) is 22.2 Å². The molecule has 0 saturated heterocycles. The standard InChI is InChI=1S/C10H10N2.H2O4S/c1-7-4-5-9-8(10(7)11)3-2-6-12-9;1-5(2,3)4/h2-6H,11H2,1H3;(H2,1,2,3,4). The summed E-state index contributed by atoms with van der Waals surface area (Å²) in [6, 6.07) is 7.87. The van der Waals surface area contributed by atoms with Crippen LogP contribution in [0.4, 0.5) is 5.69 Å². The van der Waals surface area contributed by atoms with Crippen LogP contribution in [-0.4, -0.2) is 22.5 Å². The topological polar surface area (TPSA) is 114 Å². The van der Waals surface area contributed by atoms with E-state index in [1.54, 1.807) is 6.20 Å². The van der Waals surface area contributed by atoms with E-state index >= 15 is 0 Å². The molecule has 1 heterocycles. The molecule has 0 radical (unpaired) electrons. The second kappa shape index (κ2) is 5.09. The second-order valence-corrected chi connectivity index (χ2v) is 4.21. The van der Waals surface area contributed by atoms with Crippen molar-refractivity contribution in [2.24, 2.45) is 0 Å². The summed E-state index contributed by atoms with van der Waals surface area (Å²) in [5.74, 6) is 0. The molecule has 0 saturated carbocycles. The summed E-state index contributed by atoms with van der Waals surface area (Å²) in [4.78, 5) is 4.20. The van der Waals surface area contributed by atoms with Gasteiger partial charge < -0.3 is 5.73 Å². The minimum absolute atomic E-state index is 0.834. The molecule has 0 fully saturated rings. The lowest BCUT2D eigenvalue weighted by molar-refractivity contribution is 0.381. The van der Waals surface area contributed by atoms with Crippen LogP contribution in [0, 0.1) is 6.92 Å². The molecule has 0 bridgehead atoms. The van der Waals surface area contributed by atoms with Crippen molar-refractivity contribution < 1.29 is 17.5 Å². The molecule has 4 N–H and O–H groups in total. The molecule has 0 spiro atoms. The number of nitrogen functional groups attached to an aromatic ring is 1. The lowest BCUT2D eigenvalue weighted by Gasteiger charge is -2.03. The number of anilines is 1. The summed E-state index contributed by atoms with van der Waals surface area (Å²) >= 11 is 0. The number of hydrogen-bond donors (Lipinski definition) is 3. The van der Waals surface area contributed by atoms with Crippen LogP contribution in [-0.2, 0) is 10.4 Å². The van der Waals surface area contributed by atoms with Crippen molar-refractivity contribution in [3.8, 4) is 0 Å². The molecule has 0 aliphatic heterocycles. The third-order valence-electron chi connectivity index (χ3n) is 2.04. The SMILES string of the molecule is Cc1ccc2ncccc2c1N.O=S(=O)(O)O. The highest BCUT2D eigenvalue weighted by Crippen LogP contribution is 2.21. The van der Waals surface area contributed by atoms with Crippen molar-refractivity contribution in [1.29, 1.82) is 0 Å². The van der Waals surface area contributed by atoms with Crippen LogP contribution in [0.3, 0.4) is 0 Å². The Kier molecular flexibility index (Phi) is 4.00. The van der Waals surface area contributed by atoms with Gasteiger partial charge >= 0.3 is 10.4 Å². The largest absolute Gasteiger partial charge is 0.398 e. The monoisotopic (exact) mass is 256 g/mol. The van der Waals surface area contributed by atoms with E-state index in [4.69, 9.17) is 23.3 Å². The Balaban J connectivity index is 0.000000249. The van der Waals surface area contributed by atoms with Gasteiger partial charge in [0.05, 0.1) is 5.52 Å². The predicted octanol–water partition coefficient (Wildman–Crippen LogP) is 1.47. The fourth-order valence-electron chi connectivity index (χ4n) is 1.28. The number of fused-ring (bicyclic) bond motifs is 1. The summed E-state index contributed by atoms with van der Waals surface area (Å²) < 4.78 is 31.6. The number of aryl methyl sites for hydroxylation is 1. The van der Waals surface area contributed by atoms with Gasteiger partial charge in [-0.3, -0.25) is 14.1 Å². The van der Waals surface area contributed by atoms with E-state index in [1.807, 2.05) is 31.2 Å². The first-order valence-electron chi connectivity index (χ1n) is 4.58. The number of benzene rings is 1. The van der Waals surface area contributed by atoms with Crippen molar-refractivity contribution >= 4 is 27.0 Å². The average Bonchev–Trinajstić information content (AvgIpc) is 2.22. The Morgan fingerprint density at radius 1 is 1.24 bits per heavy atom. The van der Waals surface area contributed by atoms with Gasteiger partial charge in [-0.15, -0.1) is 0 Å². The number of nitrogens with two attached hydrogens (primary N) is 1. The van der Waals surface area contributed by atoms with Gasteiger partial charge in [0, 0.05) is 17.3 Å². The number of nitrogens with zero attached hydrogens (tertiary/aromatic N) is 1. The Labute approximate surface area is 98.7 Å². The number of hydrogen-bond acceptors (Lipinski definition) is 4. The molecule has 2 aromatic rings. The first kappa shape index (κ1) is 13.4. The zero-order valence-corrected chi connectivity index (χ0v) is 9.85. The zero-order chi connectivity index (χ0) is 13.1. The first-order chi connectivity index (χ1) is 7.79. The highest BCUT2D eigenvalue weighted by atomic mass is 32.3. The van der Waals surface area contributed by atoms with Crippen molar-refractivity contribution in [2.45, 2.75) is 6.92 Å². The van der Waals surface area contributed by atoms with Gasteiger partial charge in [0.25, 0.3) is 0 Å². The van der Waals surface area contributed by atoms with Gasteiger partial charge in [0.1, 0.15) is 0 Å². The Bertz CT molecular complexity index is 617. The lowest BCUT2D eigenvalue weighted by atomic mass is 10.1. The third kappa shape index (κ3) is 4.35. The van der Waals surface area contributed by atoms with Gasteiger partial charge in [-0.25, -0.2) is 0 Å². The minimum atomic E-state index is -4.67. The Morgan fingerprint density at radius 3 is 2.41 bits per heavy atom. The van der Waals surface area contributed by atoms with Crippen molar-refractivity contribution in [1.82, 2.24) is 4.98 Å². The molecule has 7 heteroatoms. The molecule has 17 heavy (non-hydrogen) atoms. The Morgan fingerprint density at radius 2 is 1.82 bits per heavy atom. The summed E-state index contributed by atoms with van der Waals surface area (Å²) in [7, 11) is -4.67. The Hall–Kier alpha value is -1.70. The fourth-order valence-corrected chi connectivity index (χ4v) is 1.28. The van der Waals surface area contributed by atoms with Gasteiger partial charge in [-0.2, -0.15) is 8.42 Å². The molecule has 1 aromatic carbocycles. The normalized spacial score (nSPS) is 10.8. The van der Waals surface area contributed by atoms with E-state index in [1.165, 1.54) is 0 Å². The van der Waals surface area contributed by atoms with Crippen molar-refractivity contribution in [3.05, 3.63) is 36.0 Å². The fraction of sp³-hybridized carbons (Fsp3) is 0.100. The lowest BCUT2D eigenvalue weighted by Crippen LogP contribution is -1.91. The van der Waals surface area contributed by atoms with Crippen LogP contribution in [0.1, 0.15) is 5.56 Å².